The van der Waals surface area contributed by atoms with Gasteiger partial charge in [-0.2, -0.15) is 4.99 Å². The van der Waals surface area contributed by atoms with Gasteiger partial charge in [0.15, 0.2) is 0 Å². The van der Waals surface area contributed by atoms with Gasteiger partial charge in [-0.1, -0.05) is 0 Å². The van der Waals surface area contributed by atoms with Gasteiger partial charge in [0.05, 0.1) is 0 Å². The molecule has 82 valence electrons. The van der Waals surface area contributed by atoms with E-state index in [1.165, 1.54) is 0 Å². The highest BCUT2D eigenvalue weighted by Crippen LogP contribution is 2.08. The van der Waals surface area contributed by atoms with Crippen molar-refractivity contribution in [2.24, 2.45) is 4.99 Å². The normalized spacial score (nSPS) is 12.7. The number of aromatic nitrogens is 2. The van der Waals surface area contributed by atoms with E-state index in [1.54, 1.807) is 51.0 Å². The number of nitrogens with zero attached hydrogens (tertiary/aromatic N) is 3. The van der Waals surface area contributed by atoms with Crippen LogP contribution in [0, 0.1) is 0 Å². The molecule has 15 heavy (non-hydrogen) atoms. The van der Waals surface area contributed by atoms with E-state index in [0.717, 1.165) is 0 Å². The van der Waals surface area contributed by atoms with Gasteiger partial charge in [-0.15, -0.1) is 0 Å². The van der Waals surface area contributed by atoms with E-state index in [0.29, 0.717) is 5.84 Å². The molecule has 0 aliphatic rings. The van der Waals surface area contributed by atoms with Crippen LogP contribution in [0.1, 0.15) is 27.7 Å². The van der Waals surface area contributed by atoms with E-state index >= 15 is 0 Å². The molecule has 0 unspecified atom stereocenters. The van der Waals surface area contributed by atoms with E-state index in [9.17, 15) is 4.79 Å². The second-order valence-corrected chi connectivity index (χ2v) is 4.11. The van der Waals surface area contributed by atoms with Crippen LogP contribution in [0.4, 0.5) is 4.79 Å². The van der Waals surface area contributed by atoms with Crippen LogP contribution in [0.3, 0.4) is 0 Å². The predicted molar refractivity (Wildman–Crippen MR) is 57.0 cm³/mol. The van der Waals surface area contributed by atoms with Crippen molar-refractivity contribution in [1.82, 2.24) is 9.55 Å². The van der Waals surface area contributed by atoms with Gasteiger partial charge in [0.1, 0.15) is 17.8 Å². The summed E-state index contributed by atoms with van der Waals surface area (Å²) in [6, 6.07) is 0. The molecule has 0 spiro atoms. The van der Waals surface area contributed by atoms with E-state index < -0.39 is 11.7 Å². The lowest BCUT2D eigenvalue weighted by Crippen LogP contribution is -2.23. The lowest BCUT2D eigenvalue weighted by atomic mass is 10.2. The third-order valence-corrected chi connectivity index (χ3v) is 1.52. The summed E-state index contributed by atoms with van der Waals surface area (Å²) in [5, 5.41) is 0. The van der Waals surface area contributed by atoms with E-state index in [-0.39, 0.29) is 0 Å². The lowest BCUT2D eigenvalue weighted by Gasteiger charge is -2.17. The molecule has 0 aliphatic heterocycles. The summed E-state index contributed by atoms with van der Waals surface area (Å²) >= 11 is 0. The van der Waals surface area contributed by atoms with Crippen LogP contribution in [0.2, 0.25) is 0 Å². The highest BCUT2D eigenvalue weighted by molar-refractivity contribution is 5.91. The Morgan fingerprint density at radius 1 is 1.47 bits per heavy atom. The number of imidazole rings is 1. The molecule has 0 N–H and O–H groups in total. The summed E-state index contributed by atoms with van der Waals surface area (Å²) in [5.74, 6) is 0.529. The minimum atomic E-state index is -0.589. The molecule has 0 aliphatic carbocycles. The molecule has 0 fully saturated rings. The van der Waals surface area contributed by atoms with Crippen molar-refractivity contribution >= 4 is 11.9 Å². The van der Waals surface area contributed by atoms with Crippen LogP contribution >= 0.6 is 0 Å². The van der Waals surface area contributed by atoms with Crippen molar-refractivity contribution in [3.8, 4) is 0 Å². The van der Waals surface area contributed by atoms with Crippen LogP contribution in [0.15, 0.2) is 23.7 Å². The summed E-state index contributed by atoms with van der Waals surface area (Å²) < 4.78 is 6.69. The van der Waals surface area contributed by atoms with Crippen LogP contribution in [0.5, 0.6) is 0 Å². The number of ether oxygens (including phenoxy) is 1. The smallest absolute Gasteiger partial charge is 0.435 e. The van der Waals surface area contributed by atoms with Crippen molar-refractivity contribution in [2.45, 2.75) is 33.3 Å². The molecule has 5 heteroatoms. The molecule has 0 bridgehead atoms. The molecule has 1 aromatic rings. The molecule has 0 aromatic carbocycles. The second-order valence-electron chi connectivity index (χ2n) is 4.11. The number of amides is 1. The van der Waals surface area contributed by atoms with Crippen molar-refractivity contribution < 1.29 is 9.53 Å². The van der Waals surface area contributed by atoms with Crippen LogP contribution in [0.25, 0.3) is 0 Å². The molecule has 1 amide bonds. The average Bonchev–Trinajstić information content (AvgIpc) is 2.50. The van der Waals surface area contributed by atoms with E-state index in [2.05, 4.69) is 9.98 Å². The van der Waals surface area contributed by atoms with Gasteiger partial charge in [-0.3, -0.25) is 4.57 Å². The van der Waals surface area contributed by atoms with Crippen molar-refractivity contribution in [1.29, 1.82) is 0 Å². The Bertz CT molecular complexity index is 361. The number of carbonyl (C=O) groups is 1. The van der Waals surface area contributed by atoms with Gasteiger partial charge >= 0.3 is 6.09 Å². The summed E-state index contributed by atoms with van der Waals surface area (Å²) in [5.41, 5.74) is -0.518. The zero-order chi connectivity index (χ0) is 11.5. The SMILES string of the molecule is CC(=NC(=O)OC(C)(C)C)n1ccnc1. The fraction of sp³-hybridized carbons (Fsp3) is 0.500. The van der Waals surface area contributed by atoms with Crippen molar-refractivity contribution in [2.75, 3.05) is 0 Å². The fourth-order valence-electron chi connectivity index (χ4n) is 0.925. The van der Waals surface area contributed by atoms with Crippen LogP contribution in [-0.2, 0) is 4.74 Å². The largest absolute Gasteiger partial charge is 0.442 e. The van der Waals surface area contributed by atoms with Crippen molar-refractivity contribution in [3.05, 3.63) is 18.7 Å². The number of aliphatic imine (C=N–C) groups is 1. The van der Waals surface area contributed by atoms with Gasteiger partial charge in [-0.05, 0) is 27.7 Å². The molecule has 0 radical (unpaired) electrons. The minimum Gasteiger partial charge on any atom is -0.442 e. The molecular formula is C10H15N3O2. The molecule has 1 aromatic heterocycles. The van der Waals surface area contributed by atoms with Gasteiger partial charge in [0.25, 0.3) is 0 Å². The number of hydrogen-bond acceptors (Lipinski definition) is 3. The number of rotatable bonds is 0. The molecule has 1 heterocycles. The second kappa shape index (κ2) is 4.25. The van der Waals surface area contributed by atoms with E-state index in [1.807, 2.05) is 0 Å². The standard InChI is InChI=1S/C10H15N3O2/c1-8(13-6-5-11-7-13)12-9(14)15-10(2,3)4/h5-7H,1-4H3. The minimum absolute atomic E-state index is 0.518. The molecule has 5 nitrogen and oxygen atoms in total. The zero-order valence-corrected chi connectivity index (χ0v) is 9.39. The molecular weight excluding hydrogens is 194 g/mol. The zero-order valence-electron chi connectivity index (χ0n) is 9.39. The third-order valence-electron chi connectivity index (χ3n) is 1.52. The van der Waals surface area contributed by atoms with Crippen LogP contribution < -0.4 is 0 Å². The highest BCUT2D eigenvalue weighted by Gasteiger charge is 2.15. The first-order valence-corrected chi connectivity index (χ1v) is 4.65. The van der Waals surface area contributed by atoms with Gasteiger partial charge in [0, 0.05) is 12.4 Å². The maximum Gasteiger partial charge on any atom is 0.435 e. The van der Waals surface area contributed by atoms with Gasteiger partial charge in [-0.25, -0.2) is 9.78 Å². The van der Waals surface area contributed by atoms with Gasteiger partial charge in [0.2, 0.25) is 0 Å². The predicted octanol–water partition coefficient (Wildman–Crippen LogP) is 2.08. The average molecular weight is 209 g/mol. The summed E-state index contributed by atoms with van der Waals surface area (Å²) in [6.45, 7) is 7.11. The first kappa shape index (κ1) is 11.4. The Labute approximate surface area is 88.8 Å². The molecule has 0 atom stereocenters. The topological polar surface area (TPSA) is 56.5 Å². The summed E-state index contributed by atoms with van der Waals surface area (Å²) in [6.07, 6.45) is 4.31. The molecule has 0 saturated heterocycles. The molecule has 1 rings (SSSR count). The lowest BCUT2D eigenvalue weighted by molar-refractivity contribution is 0.0604. The fourth-order valence-corrected chi connectivity index (χ4v) is 0.925. The quantitative estimate of drug-likeness (QED) is 0.485. The Hall–Kier alpha value is -1.65. The molecule has 0 saturated carbocycles. The maximum absolute atomic E-state index is 11.3. The maximum atomic E-state index is 11.3. The first-order chi connectivity index (χ1) is 6.88. The Kier molecular flexibility index (Phi) is 3.24. The summed E-state index contributed by atoms with van der Waals surface area (Å²) in [7, 11) is 0. The highest BCUT2D eigenvalue weighted by atomic mass is 16.6. The van der Waals surface area contributed by atoms with Crippen molar-refractivity contribution in [3.63, 3.8) is 0 Å². The third kappa shape index (κ3) is 3.93. The Balaban J connectivity index is 2.68. The van der Waals surface area contributed by atoms with Crippen LogP contribution in [-0.4, -0.2) is 27.1 Å². The first-order valence-electron chi connectivity index (χ1n) is 4.65. The number of carbonyl (C=O) groups excluding carboxylic acids is 1. The monoisotopic (exact) mass is 209 g/mol. The Morgan fingerprint density at radius 3 is 2.60 bits per heavy atom. The van der Waals surface area contributed by atoms with E-state index in [4.69, 9.17) is 4.74 Å². The summed E-state index contributed by atoms with van der Waals surface area (Å²) in [4.78, 5) is 19.0. The Morgan fingerprint density at radius 2 is 2.13 bits per heavy atom. The van der Waals surface area contributed by atoms with Gasteiger partial charge < -0.3 is 4.74 Å². The number of hydrogen-bond donors (Lipinski definition) is 0.